The number of hydrogen-bond acceptors (Lipinski definition) is 4. The van der Waals surface area contributed by atoms with Crippen molar-refractivity contribution >= 4 is 5.95 Å². The Hall–Kier alpha value is -1.59. The van der Waals surface area contributed by atoms with Gasteiger partial charge in [0.1, 0.15) is 0 Å². The molecule has 1 aliphatic carbocycles. The van der Waals surface area contributed by atoms with Gasteiger partial charge in [-0.05, 0) is 12.8 Å². The summed E-state index contributed by atoms with van der Waals surface area (Å²) in [5, 5.41) is 0. The average molecular weight is 224 g/mol. The van der Waals surface area contributed by atoms with Crippen LogP contribution in [0.15, 0.2) is 9.59 Å². The minimum atomic E-state index is -0.521. The highest BCUT2D eigenvalue weighted by Gasteiger charge is 2.20. The molecule has 16 heavy (non-hydrogen) atoms. The van der Waals surface area contributed by atoms with Crippen LogP contribution >= 0.6 is 0 Å². The van der Waals surface area contributed by atoms with Gasteiger partial charge in [0, 0.05) is 13.1 Å². The molecule has 1 aliphatic rings. The molecule has 88 valence electrons. The number of aromatic nitrogens is 3. The van der Waals surface area contributed by atoms with E-state index in [4.69, 9.17) is 5.73 Å². The van der Waals surface area contributed by atoms with Crippen LogP contribution in [0.3, 0.4) is 0 Å². The average Bonchev–Trinajstić information content (AvgIpc) is 2.28. The summed E-state index contributed by atoms with van der Waals surface area (Å²) in [6.45, 7) is 0. The summed E-state index contributed by atoms with van der Waals surface area (Å²) in [5.41, 5.74) is 4.58. The zero-order valence-electron chi connectivity index (χ0n) is 9.35. The molecule has 0 amide bonds. The van der Waals surface area contributed by atoms with Gasteiger partial charge in [0.25, 0.3) is 0 Å². The van der Waals surface area contributed by atoms with E-state index in [9.17, 15) is 9.59 Å². The molecule has 0 aromatic carbocycles. The normalized spacial score (nSPS) is 17.6. The van der Waals surface area contributed by atoms with E-state index in [2.05, 4.69) is 4.98 Å². The Morgan fingerprint density at radius 2 is 1.88 bits per heavy atom. The highest BCUT2D eigenvalue weighted by molar-refractivity contribution is 5.13. The Kier molecular flexibility index (Phi) is 2.80. The van der Waals surface area contributed by atoms with Crippen LogP contribution in [-0.2, 0) is 7.05 Å². The molecule has 6 heteroatoms. The van der Waals surface area contributed by atoms with E-state index in [0.29, 0.717) is 0 Å². The number of nitrogens with two attached hydrogens (primary N) is 1. The second-order valence-electron chi connectivity index (χ2n) is 4.26. The van der Waals surface area contributed by atoms with E-state index in [1.54, 1.807) is 0 Å². The third kappa shape index (κ3) is 1.75. The Morgan fingerprint density at radius 1 is 1.25 bits per heavy atom. The van der Waals surface area contributed by atoms with Gasteiger partial charge in [0.2, 0.25) is 5.95 Å². The van der Waals surface area contributed by atoms with Crippen LogP contribution in [-0.4, -0.2) is 14.1 Å². The maximum atomic E-state index is 11.9. The molecule has 1 aromatic rings. The standard InChI is InChI=1S/C10H16N4O2/c1-13-8(11)12-9(15)14(10(13)16)7-5-3-2-4-6-7/h7H,2-6H2,1H3,(H2,11,12,15). The van der Waals surface area contributed by atoms with E-state index in [-0.39, 0.29) is 17.7 Å². The molecular formula is C10H16N4O2. The summed E-state index contributed by atoms with van der Waals surface area (Å²) in [6.07, 6.45) is 5.05. The van der Waals surface area contributed by atoms with Crippen molar-refractivity contribution in [3.05, 3.63) is 21.0 Å². The summed E-state index contributed by atoms with van der Waals surface area (Å²) in [4.78, 5) is 27.2. The van der Waals surface area contributed by atoms with Crippen molar-refractivity contribution in [2.45, 2.75) is 38.1 Å². The van der Waals surface area contributed by atoms with Crippen molar-refractivity contribution in [3.63, 3.8) is 0 Å². The van der Waals surface area contributed by atoms with E-state index >= 15 is 0 Å². The third-order valence-corrected chi connectivity index (χ3v) is 3.19. The number of anilines is 1. The van der Waals surface area contributed by atoms with Crippen LogP contribution in [0.4, 0.5) is 5.95 Å². The molecule has 0 saturated heterocycles. The zero-order chi connectivity index (χ0) is 11.7. The van der Waals surface area contributed by atoms with Gasteiger partial charge in [-0.2, -0.15) is 4.98 Å². The molecule has 2 rings (SSSR count). The predicted octanol–water partition coefficient (Wildman–Crippen LogP) is 0.0294. The first kappa shape index (κ1) is 10.9. The van der Waals surface area contributed by atoms with Crippen molar-refractivity contribution < 1.29 is 0 Å². The smallest absolute Gasteiger partial charge is 0.355 e. The molecule has 1 fully saturated rings. The monoisotopic (exact) mass is 224 g/mol. The first-order valence-electron chi connectivity index (χ1n) is 5.56. The quantitative estimate of drug-likeness (QED) is 0.729. The number of hydrogen-bond donors (Lipinski definition) is 1. The fourth-order valence-corrected chi connectivity index (χ4v) is 2.22. The number of nitrogens with zero attached hydrogens (tertiary/aromatic N) is 3. The Balaban J connectivity index is 2.51. The molecule has 0 bridgehead atoms. The van der Waals surface area contributed by atoms with Gasteiger partial charge in [-0.25, -0.2) is 14.2 Å². The summed E-state index contributed by atoms with van der Waals surface area (Å²) in [5.74, 6) is -0.0259. The summed E-state index contributed by atoms with van der Waals surface area (Å²) in [7, 11) is 1.53. The fourth-order valence-electron chi connectivity index (χ4n) is 2.22. The number of nitrogen functional groups attached to an aromatic ring is 1. The maximum absolute atomic E-state index is 11.9. The minimum absolute atomic E-state index is 0.00644. The van der Waals surface area contributed by atoms with Crippen molar-refractivity contribution in [2.75, 3.05) is 5.73 Å². The molecule has 0 atom stereocenters. The molecule has 2 N–H and O–H groups in total. The second-order valence-corrected chi connectivity index (χ2v) is 4.26. The molecule has 0 unspecified atom stereocenters. The fraction of sp³-hybridized carbons (Fsp3) is 0.700. The van der Waals surface area contributed by atoms with Crippen LogP contribution in [0, 0.1) is 0 Å². The molecule has 1 heterocycles. The highest BCUT2D eigenvalue weighted by atomic mass is 16.2. The largest absolute Gasteiger partial charge is 0.369 e. The Labute approximate surface area is 92.7 Å². The lowest BCUT2D eigenvalue weighted by Crippen LogP contribution is -2.44. The summed E-state index contributed by atoms with van der Waals surface area (Å²) < 4.78 is 2.46. The Morgan fingerprint density at radius 3 is 2.50 bits per heavy atom. The second kappa shape index (κ2) is 4.11. The minimum Gasteiger partial charge on any atom is -0.369 e. The van der Waals surface area contributed by atoms with Gasteiger partial charge < -0.3 is 5.73 Å². The van der Waals surface area contributed by atoms with E-state index in [0.717, 1.165) is 25.7 Å². The van der Waals surface area contributed by atoms with E-state index in [1.165, 1.54) is 22.6 Å². The summed E-state index contributed by atoms with van der Waals surface area (Å²) in [6, 6.07) is -0.00644. The molecule has 1 saturated carbocycles. The Bertz CT molecular complexity index is 497. The van der Waals surface area contributed by atoms with Crippen molar-refractivity contribution in [1.29, 1.82) is 0 Å². The molecular weight excluding hydrogens is 208 g/mol. The van der Waals surface area contributed by atoms with Crippen LogP contribution in [0.5, 0.6) is 0 Å². The van der Waals surface area contributed by atoms with Gasteiger partial charge in [0.05, 0.1) is 0 Å². The SMILES string of the molecule is Cn1c(N)nc(=O)n(C2CCCCC2)c1=O. The van der Waals surface area contributed by atoms with E-state index in [1.807, 2.05) is 0 Å². The first-order valence-corrected chi connectivity index (χ1v) is 5.56. The number of rotatable bonds is 1. The van der Waals surface area contributed by atoms with Crippen LogP contribution in [0.25, 0.3) is 0 Å². The molecule has 0 aliphatic heterocycles. The van der Waals surface area contributed by atoms with Gasteiger partial charge in [-0.3, -0.25) is 4.57 Å². The van der Waals surface area contributed by atoms with Crippen molar-refractivity contribution in [1.82, 2.24) is 14.1 Å². The van der Waals surface area contributed by atoms with Gasteiger partial charge in [0.15, 0.2) is 0 Å². The lowest BCUT2D eigenvalue weighted by Gasteiger charge is -2.23. The predicted molar refractivity (Wildman–Crippen MR) is 60.3 cm³/mol. The van der Waals surface area contributed by atoms with Crippen molar-refractivity contribution in [2.24, 2.45) is 7.05 Å². The lowest BCUT2D eigenvalue weighted by molar-refractivity contribution is 0.327. The maximum Gasteiger partial charge on any atom is 0.355 e. The van der Waals surface area contributed by atoms with E-state index < -0.39 is 5.69 Å². The van der Waals surface area contributed by atoms with Crippen LogP contribution in [0.2, 0.25) is 0 Å². The zero-order valence-corrected chi connectivity index (χ0v) is 9.35. The van der Waals surface area contributed by atoms with Gasteiger partial charge in [-0.1, -0.05) is 19.3 Å². The third-order valence-electron chi connectivity index (χ3n) is 3.19. The lowest BCUT2D eigenvalue weighted by atomic mass is 9.95. The topological polar surface area (TPSA) is 82.9 Å². The van der Waals surface area contributed by atoms with Crippen LogP contribution in [0.1, 0.15) is 38.1 Å². The van der Waals surface area contributed by atoms with Gasteiger partial charge in [-0.15, -0.1) is 0 Å². The molecule has 0 spiro atoms. The first-order chi connectivity index (χ1) is 7.61. The molecule has 0 radical (unpaired) electrons. The summed E-state index contributed by atoms with van der Waals surface area (Å²) >= 11 is 0. The molecule has 1 aromatic heterocycles. The molecule has 6 nitrogen and oxygen atoms in total. The van der Waals surface area contributed by atoms with Gasteiger partial charge >= 0.3 is 11.4 Å². The van der Waals surface area contributed by atoms with Crippen LogP contribution < -0.4 is 17.1 Å². The van der Waals surface area contributed by atoms with Crippen molar-refractivity contribution in [3.8, 4) is 0 Å². The highest BCUT2D eigenvalue weighted by Crippen LogP contribution is 2.25.